The molecule has 0 amide bonds. The average molecular weight is 292 g/mol. The van der Waals surface area contributed by atoms with E-state index in [1.54, 1.807) is 13.2 Å². The van der Waals surface area contributed by atoms with E-state index in [0.717, 1.165) is 55.4 Å². The van der Waals surface area contributed by atoms with Crippen molar-refractivity contribution in [1.29, 1.82) is 0 Å². The second kappa shape index (κ2) is 5.66. The van der Waals surface area contributed by atoms with Crippen LogP contribution in [-0.4, -0.2) is 18.2 Å². The van der Waals surface area contributed by atoms with Crippen LogP contribution in [0.5, 0.6) is 5.75 Å². The van der Waals surface area contributed by atoms with Crippen molar-refractivity contribution in [3.8, 4) is 5.75 Å². The van der Waals surface area contributed by atoms with Crippen molar-refractivity contribution in [2.24, 2.45) is 5.92 Å². The fraction of sp³-hybridized carbons (Fsp3) is 0.588. The van der Waals surface area contributed by atoms with Gasteiger partial charge in [-0.25, -0.2) is 4.39 Å². The van der Waals surface area contributed by atoms with Crippen LogP contribution in [0.1, 0.15) is 54.7 Å². The maximum Gasteiger partial charge on any atom is 0.303 e. The molecule has 21 heavy (non-hydrogen) atoms. The molecule has 1 atom stereocenters. The Labute approximate surface area is 124 Å². The summed E-state index contributed by atoms with van der Waals surface area (Å²) >= 11 is 0. The zero-order valence-corrected chi connectivity index (χ0v) is 12.3. The van der Waals surface area contributed by atoms with E-state index in [9.17, 15) is 9.18 Å². The van der Waals surface area contributed by atoms with Gasteiger partial charge in [0, 0.05) is 11.5 Å². The lowest BCUT2D eigenvalue weighted by Crippen LogP contribution is -2.15. The van der Waals surface area contributed by atoms with Crippen LogP contribution in [0, 0.1) is 11.7 Å². The minimum Gasteiger partial charge on any atom is -0.496 e. The Morgan fingerprint density at radius 3 is 2.62 bits per heavy atom. The Morgan fingerprint density at radius 2 is 2.05 bits per heavy atom. The molecule has 0 aliphatic heterocycles. The molecule has 2 aliphatic carbocycles. The van der Waals surface area contributed by atoms with Gasteiger partial charge < -0.3 is 9.84 Å². The number of ether oxygens (including phenoxy) is 1. The van der Waals surface area contributed by atoms with E-state index >= 15 is 0 Å². The second-order valence-electron chi connectivity index (χ2n) is 6.19. The quantitative estimate of drug-likeness (QED) is 0.900. The summed E-state index contributed by atoms with van der Waals surface area (Å²) in [5, 5.41) is 9.12. The molecule has 3 nitrogen and oxygen atoms in total. The Morgan fingerprint density at radius 1 is 1.38 bits per heavy atom. The molecule has 2 aliphatic rings. The molecule has 0 saturated heterocycles. The first-order valence-corrected chi connectivity index (χ1v) is 7.71. The molecular weight excluding hydrogens is 271 g/mol. The van der Waals surface area contributed by atoms with Crippen molar-refractivity contribution in [2.75, 3.05) is 7.11 Å². The van der Waals surface area contributed by atoms with Crippen LogP contribution in [0.4, 0.5) is 4.39 Å². The third kappa shape index (κ3) is 2.76. The SMILES string of the molecule is COc1cc(C(CC(=O)O)C2CC2)c(F)c2c1CCCC2. The topological polar surface area (TPSA) is 46.5 Å². The van der Waals surface area contributed by atoms with Crippen LogP contribution in [0.2, 0.25) is 0 Å². The smallest absolute Gasteiger partial charge is 0.303 e. The first kappa shape index (κ1) is 14.4. The van der Waals surface area contributed by atoms with Gasteiger partial charge in [-0.1, -0.05) is 0 Å². The summed E-state index contributed by atoms with van der Waals surface area (Å²) in [5.74, 6) is -0.214. The number of carbonyl (C=O) groups is 1. The van der Waals surface area contributed by atoms with Crippen molar-refractivity contribution >= 4 is 5.97 Å². The van der Waals surface area contributed by atoms with E-state index in [1.165, 1.54) is 0 Å². The van der Waals surface area contributed by atoms with Crippen LogP contribution in [0.25, 0.3) is 0 Å². The fourth-order valence-electron chi connectivity index (χ4n) is 3.55. The van der Waals surface area contributed by atoms with E-state index in [-0.39, 0.29) is 18.2 Å². The van der Waals surface area contributed by atoms with Gasteiger partial charge >= 0.3 is 5.97 Å². The van der Waals surface area contributed by atoms with Crippen LogP contribution in [0.15, 0.2) is 6.07 Å². The van der Waals surface area contributed by atoms with E-state index in [0.29, 0.717) is 11.5 Å². The van der Waals surface area contributed by atoms with Gasteiger partial charge in [-0.3, -0.25) is 4.79 Å². The molecule has 0 bridgehead atoms. The Bertz CT molecular complexity index is 564. The van der Waals surface area contributed by atoms with Gasteiger partial charge in [0.25, 0.3) is 0 Å². The number of carboxylic acid groups (broad SMARTS) is 1. The van der Waals surface area contributed by atoms with Gasteiger partial charge in [-0.2, -0.15) is 0 Å². The molecule has 1 unspecified atom stereocenters. The average Bonchev–Trinajstić information content (AvgIpc) is 3.30. The highest BCUT2D eigenvalue weighted by Gasteiger charge is 2.37. The van der Waals surface area contributed by atoms with Gasteiger partial charge in [-0.05, 0) is 61.6 Å². The highest BCUT2D eigenvalue weighted by atomic mass is 19.1. The highest BCUT2D eigenvalue weighted by molar-refractivity contribution is 5.68. The third-order valence-electron chi connectivity index (χ3n) is 4.78. The van der Waals surface area contributed by atoms with Crippen LogP contribution < -0.4 is 4.74 Å². The minimum absolute atomic E-state index is 0.00350. The molecule has 0 radical (unpaired) electrons. The molecule has 0 aromatic heterocycles. The molecule has 1 N–H and O–H groups in total. The van der Waals surface area contributed by atoms with Gasteiger partial charge in [-0.15, -0.1) is 0 Å². The Balaban J connectivity index is 2.06. The third-order valence-corrected chi connectivity index (χ3v) is 4.78. The van der Waals surface area contributed by atoms with Crippen molar-refractivity contribution in [1.82, 2.24) is 0 Å². The van der Waals surface area contributed by atoms with Crippen LogP contribution in [0.3, 0.4) is 0 Å². The number of hydrogen-bond donors (Lipinski definition) is 1. The molecule has 0 heterocycles. The zero-order chi connectivity index (χ0) is 15.0. The lowest BCUT2D eigenvalue weighted by atomic mass is 9.83. The molecule has 1 aromatic carbocycles. The molecule has 1 aromatic rings. The van der Waals surface area contributed by atoms with E-state index in [4.69, 9.17) is 9.84 Å². The Kier molecular flexibility index (Phi) is 3.87. The van der Waals surface area contributed by atoms with Gasteiger partial charge in [0.1, 0.15) is 11.6 Å². The molecule has 0 spiro atoms. The normalized spacial score (nSPS) is 19.0. The van der Waals surface area contributed by atoms with Crippen molar-refractivity contribution in [3.63, 3.8) is 0 Å². The van der Waals surface area contributed by atoms with E-state index in [2.05, 4.69) is 0 Å². The number of hydrogen-bond acceptors (Lipinski definition) is 2. The standard InChI is InChI=1S/C17H21FO3/c1-21-15-8-14(13(9-16(19)20)10-6-7-10)17(18)12-5-3-2-4-11(12)15/h8,10,13H,2-7,9H2,1H3,(H,19,20). The summed E-state index contributed by atoms with van der Waals surface area (Å²) in [6, 6.07) is 1.76. The lowest BCUT2D eigenvalue weighted by Gasteiger charge is -2.24. The predicted molar refractivity (Wildman–Crippen MR) is 77.3 cm³/mol. The first-order valence-electron chi connectivity index (χ1n) is 7.71. The first-order chi connectivity index (χ1) is 10.1. The summed E-state index contributed by atoms with van der Waals surface area (Å²) in [6.07, 6.45) is 5.63. The molecule has 1 fully saturated rings. The maximum absolute atomic E-state index is 14.9. The maximum atomic E-state index is 14.9. The Hall–Kier alpha value is -1.58. The number of rotatable bonds is 5. The van der Waals surface area contributed by atoms with Gasteiger partial charge in [0.2, 0.25) is 0 Å². The van der Waals surface area contributed by atoms with Crippen molar-refractivity contribution < 1.29 is 19.0 Å². The number of carboxylic acids is 1. The second-order valence-corrected chi connectivity index (χ2v) is 6.19. The fourth-order valence-corrected chi connectivity index (χ4v) is 3.55. The molecule has 1 saturated carbocycles. The van der Waals surface area contributed by atoms with Gasteiger partial charge in [0.05, 0.1) is 13.5 Å². The van der Waals surface area contributed by atoms with Gasteiger partial charge in [0.15, 0.2) is 0 Å². The zero-order valence-electron chi connectivity index (χ0n) is 12.3. The van der Waals surface area contributed by atoms with E-state index in [1.807, 2.05) is 0 Å². The monoisotopic (exact) mass is 292 g/mol. The highest BCUT2D eigenvalue weighted by Crippen LogP contribution is 2.47. The number of halogens is 1. The number of fused-ring (bicyclic) bond motifs is 1. The lowest BCUT2D eigenvalue weighted by molar-refractivity contribution is -0.137. The summed E-state index contributed by atoms with van der Waals surface area (Å²) in [4.78, 5) is 11.1. The number of aliphatic carboxylic acids is 1. The summed E-state index contributed by atoms with van der Waals surface area (Å²) < 4.78 is 20.4. The number of methoxy groups -OCH3 is 1. The molecular formula is C17H21FO3. The molecule has 4 heteroatoms. The molecule has 114 valence electrons. The van der Waals surface area contributed by atoms with Crippen molar-refractivity contribution in [2.45, 2.75) is 50.9 Å². The molecule has 3 rings (SSSR count). The minimum atomic E-state index is -0.858. The van der Waals surface area contributed by atoms with Crippen molar-refractivity contribution in [3.05, 3.63) is 28.6 Å². The summed E-state index contributed by atoms with van der Waals surface area (Å²) in [5.41, 5.74) is 2.29. The predicted octanol–water partition coefficient (Wildman–Crippen LogP) is 3.68. The summed E-state index contributed by atoms with van der Waals surface area (Å²) in [6.45, 7) is 0. The largest absolute Gasteiger partial charge is 0.496 e. The van der Waals surface area contributed by atoms with Crippen LogP contribution >= 0.6 is 0 Å². The van der Waals surface area contributed by atoms with E-state index < -0.39 is 5.97 Å². The number of benzene rings is 1. The van der Waals surface area contributed by atoms with Crippen LogP contribution in [-0.2, 0) is 17.6 Å². The summed E-state index contributed by atoms with van der Waals surface area (Å²) in [7, 11) is 1.61.